The summed E-state index contributed by atoms with van der Waals surface area (Å²) in [4.78, 5) is 24.8. The number of carbonyl (C=O) groups excluding carboxylic acids is 1. The van der Waals surface area contributed by atoms with Crippen LogP contribution < -0.4 is 15.5 Å². The summed E-state index contributed by atoms with van der Waals surface area (Å²) in [5.74, 6) is 1.37. The molecule has 0 spiro atoms. The first-order chi connectivity index (χ1) is 12.3. The van der Waals surface area contributed by atoms with Crippen LogP contribution in [0.2, 0.25) is 0 Å². The average molecular weight is 357 g/mol. The predicted octanol–water partition coefficient (Wildman–Crippen LogP) is 2.86. The highest BCUT2D eigenvalue weighted by atomic mass is 32.1. The minimum absolute atomic E-state index is 0.147. The number of hydrogen-bond acceptors (Lipinski definition) is 6. The minimum atomic E-state index is -0.147. The molecule has 0 aromatic carbocycles. The van der Waals surface area contributed by atoms with E-state index in [-0.39, 0.29) is 5.91 Å². The molecule has 1 amide bonds. The van der Waals surface area contributed by atoms with Crippen LogP contribution >= 0.6 is 11.3 Å². The lowest BCUT2D eigenvalue weighted by atomic mass is 9.97. The van der Waals surface area contributed by atoms with Crippen molar-refractivity contribution in [2.75, 3.05) is 36.4 Å². The maximum Gasteiger partial charge on any atom is 0.259 e. The number of aromatic nitrogens is 2. The van der Waals surface area contributed by atoms with Gasteiger partial charge in [0.05, 0.1) is 5.56 Å². The molecule has 2 aliphatic rings. The van der Waals surface area contributed by atoms with Crippen LogP contribution in [0.25, 0.3) is 0 Å². The molecular formula is C18H23N5OS. The first-order valence-corrected chi connectivity index (χ1v) is 9.80. The van der Waals surface area contributed by atoms with Gasteiger partial charge in [0.15, 0.2) is 5.13 Å². The van der Waals surface area contributed by atoms with E-state index in [1.807, 2.05) is 18.3 Å². The highest BCUT2D eigenvalue weighted by Gasteiger charge is 2.19. The number of anilines is 2. The Hall–Kier alpha value is -1.99. The summed E-state index contributed by atoms with van der Waals surface area (Å²) in [5, 5.41) is 6.95. The molecule has 2 saturated heterocycles. The molecule has 7 heteroatoms. The number of carbonyl (C=O) groups is 1. The second kappa shape index (κ2) is 7.49. The predicted molar refractivity (Wildman–Crippen MR) is 101 cm³/mol. The van der Waals surface area contributed by atoms with Crippen molar-refractivity contribution in [1.82, 2.24) is 15.3 Å². The molecule has 4 rings (SSSR count). The molecule has 2 fully saturated rings. The van der Waals surface area contributed by atoms with Crippen LogP contribution in [0, 0.1) is 0 Å². The third kappa shape index (κ3) is 3.82. The van der Waals surface area contributed by atoms with Gasteiger partial charge in [0.2, 0.25) is 0 Å². The molecule has 25 heavy (non-hydrogen) atoms. The highest BCUT2D eigenvalue weighted by molar-refractivity contribution is 7.15. The largest absolute Gasteiger partial charge is 0.357 e. The Kier molecular flexibility index (Phi) is 4.94. The van der Waals surface area contributed by atoms with Gasteiger partial charge in [-0.2, -0.15) is 0 Å². The number of pyridine rings is 1. The van der Waals surface area contributed by atoms with E-state index >= 15 is 0 Å². The van der Waals surface area contributed by atoms with Crippen LogP contribution in [0.15, 0.2) is 24.5 Å². The van der Waals surface area contributed by atoms with Crippen LogP contribution in [-0.2, 0) is 0 Å². The second-order valence-electron chi connectivity index (χ2n) is 6.65. The van der Waals surface area contributed by atoms with Crippen molar-refractivity contribution in [2.24, 2.45) is 0 Å². The zero-order chi connectivity index (χ0) is 17.1. The Morgan fingerprint density at radius 2 is 1.96 bits per heavy atom. The van der Waals surface area contributed by atoms with Crippen molar-refractivity contribution < 1.29 is 4.79 Å². The van der Waals surface area contributed by atoms with Crippen LogP contribution in [0.5, 0.6) is 0 Å². The maximum atomic E-state index is 12.4. The second-order valence-corrected chi connectivity index (χ2v) is 7.71. The van der Waals surface area contributed by atoms with Gasteiger partial charge in [-0.15, -0.1) is 11.3 Å². The fourth-order valence-electron chi connectivity index (χ4n) is 3.46. The molecule has 2 aliphatic heterocycles. The Morgan fingerprint density at radius 3 is 2.68 bits per heavy atom. The molecule has 132 valence electrons. The molecule has 2 N–H and O–H groups in total. The molecule has 2 aromatic rings. The van der Waals surface area contributed by atoms with Gasteiger partial charge in [-0.3, -0.25) is 10.1 Å². The van der Waals surface area contributed by atoms with Gasteiger partial charge in [0, 0.05) is 30.4 Å². The normalized spacial score (nSPS) is 18.5. The number of rotatable bonds is 4. The fourth-order valence-corrected chi connectivity index (χ4v) is 4.44. The molecule has 0 bridgehead atoms. The summed E-state index contributed by atoms with van der Waals surface area (Å²) in [6, 6.07) is 3.78. The summed E-state index contributed by atoms with van der Waals surface area (Å²) in [5.41, 5.74) is 0.571. The van der Waals surface area contributed by atoms with E-state index in [0.29, 0.717) is 16.6 Å². The first-order valence-electron chi connectivity index (χ1n) is 8.98. The molecule has 0 atom stereocenters. The van der Waals surface area contributed by atoms with E-state index in [9.17, 15) is 4.79 Å². The van der Waals surface area contributed by atoms with Crippen LogP contribution in [0.1, 0.15) is 46.8 Å². The molecule has 0 unspecified atom stereocenters. The lowest BCUT2D eigenvalue weighted by molar-refractivity contribution is 0.102. The number of hydrogen-bond donors (Lipinski definition) is 2. The summed E-state index contributed by atoms with van der Waals surface area (Å²) in [6.07, 6.45) is 8.27. The molecule has 6 nitrogen and oxygen atoms in total. The summed E-state index contributed by atoms with van der Waals surface area (Å²) >= 11 is 1.59. The van der Waals surface area contributed by atoms with E-state index < -0.39 is 0 Å². The van der Waals surface area contributed by atoms with Crippen molar-refractivity contribution in [1.29, 1.82) is 0 Å². The van der Waals surface area contributed by atoms with Crippen LogP contribution in [0.4, 0.5) is 10.9 Å². The molecule has 4 heterocycles. The van der Waals surface area contributed by atoms with Gasteiger partial charge in [0.1, 0.15) is 5.82 Å². The molecule has 2 aromatic heterocycles. The van der Waals surface area contributed by atoms with Gasteiger partial charge >= 0.3 is 0 Å². The molecule has 0 radical (unpaired) electrons. The minimum Gasteiger partial charge on any atom is -0.357 e. The third-order valence-electron chi connectivity index (χ3n) is 4.93. The highest BCUT2D eigenvalue weighted by Crippen LogP contribution is 2.31. The Balaban J connectivity index is 1.39. The summed E-state index contributed by atoms with van der Waals surface area (Å²) in [7, 11) is 0. The van der Waals surface area contributed by atoms with E-state index in [1.54, 1.807) is 17.5 Å². The van der Waals surface area contributed by atoms with Gasteiger partial charge in [-0.25, -0.2) is 9.97 Å². The van der Waals surface area contributed by atoms with Gasteiger partial charge in [-0.1, -0.05) is 0 Å². The first kappa shape index (κ1) is 16.5. The molecule has 0 aliphatic carbocycles. The number of amides is 1. The van der Waals surface area contributed by atoms with E-state index in [2.05, 4.69) is 25.5 Å². The Morgan fingerprint density at radius 1 is 1.16 bits per heavy atom. The molecular weight excluding hydrogens is 334 g/mol. The van der Waals surface area contributed by atoms with Crippen LogP contribution in [-0.4, -0.2) is 42.1 Å². The third-order valence-corrected chi connectivity index (χ3v) is 6.00. The zero-order valence-electron chi connectivity index (χ0n) is 14.2. The zero-order valence-corrected chi connectivity index (χ0v) is 15.0. The monoisotopic (exact) mass is 357 g/mol. The standard InChI is InChI=1S/C18H23N5OS/c24-17(14-3-4-16(20-11-14)23-9-1-2-10-23)22-18-21-12-15(25-18)13-5-7-19-8-6-13/h3-4,11-13,19H,1-2,5-10H2,(H,21,22,24). The Labute approximate surface area is 151 Å². The fraction of sp³-hybridized carbons (Fsp3) is 0.500. The van der Waals surface area contributed by atoms with Crippen molar-refractivity contribution in [2.45, 2.75) is 31.6 Å². The van der Waals surface area contributed by atoms with Crippen molar-refractivity contribution in [3.8, 4) is 0 Å². The van der Waals surface area contributed by atoms with Gasteiger partial charge in [0.25, 0.3) is 5.91 Å². The maximum absolute atomic E-state index is 12.4. The van der Waals surface area contributed by atoms with E-state index in [0.717, 1.165) is 44.8 Å². The Bertz CT molecular complexity index is 717. The van der Waals surface area contributed by atoms with Crippen LogP contribution in [0.3, 0.4) is 0 Å². The SMILES string of the molecule is O=C(Nc1ncc(C2CCNCC2)s1)c1ccc(N2CCCC2)nc1. The summed E-state index contributed by atoms with van der Waals surface area (Å²) in [6.45, 7) is 4.22. The topological polar surface area (TPSA) is 70.2 Å². The number of nitrogens with one attached hydrogen (secondary N) is 2. The summed E-state index contributed by atoms with van der Waals surface area (Å²) < 4.78 is 0. The smallest absolute Gasteiger partial charge is 0.259 e. The molecule has 0 saturated carbocycles. The number of piperidine rings is 1. The van der Waals surface area contributed by atoms with Gasteiger partial charge in [-0.05, 0) is 56.8 Å². The van der Waals surface area contributed by atoms with E-state index in [1.165, 1.54) is 17.7 Å². The quantitative estimate of drug-likeness (QED) is 0.880. The lowest BCUT2D eigenvalue weighted by Crippen LogP contribution is -2.26. The number of nitrogens with zero attached hydrogens (tertiary/aromatic N) is 3. The van der Waals surface area contributed by atoms with Gasteiger partial charge < -0.3 is 10.2 Å². The number of thiazole rings is 1. The van der Waals surface area contributed by atoms with E-state index in [4.69, 9.17) is 0 Å². The lowest BCUT2D eigenvalue weighted by Gasteiger charge is -2.20. The average Bonchev–Trinajstić information content (AvgIpc) is 3.35. The van der Waals surface area contributed by atoms with Crippen molar-refractivity contribution >= 4 is 28.2 Å². The van der Waals surface area contributed by atoms with Crippen molar-refractivity contribution in [3.63, 3.8) is 0 Å². The van der Waals surface area contributed by atoms with Crippen molar-refractivity contribution in [3.05, 3.63) is 35.0 Å².